The molecule has 0 fully saturated rings. The number of amides is 1. The summed E-state index contributed by atoms with van der Waals surface area (Å²) in [5.74, 6) is -0.106. The summed E-state index contributed by atoms with van der Waals surface area (Å²) in [5.41, 5.74) is 4.83. The molecule has 0 saturated carbocycles. The fourth-order valence-electron chi connectivity index (χ4n) is 4.07. The van der Waals surface area contributed by atoms with E-state index in [2.05, 4.69) is 43.2 Å². The van der Waals surface area contributed by atoms with Crippen LogP contribution in [0.3, 0.4) is 0 Å². The van der Waals surface area contributed by atoms with Crippen molar-refractivity contribution in [3.63, 3.8) is 0 Å². The summed E-state index contributed by atoms with van der Waals surface area (Å²) in [6.45, 7) is 2.05. The lowest BCUT2D eigenvalue weighted by Crippen LogP contribution is -2.34. The Kier molecular flexibility index (Phi) is 8.06. The number of esters is 1. The van der Waals surface area contributed by atoms with Crippen molar-refractivity contribution in [2.45, 2.75) is 38.8 Å². The third-order valence-electron chi connectivity index (χ3n) is 5.75. The van der Waals surface area contributed by atoms with Crippen LogP contribution in [0.2, 0.25) is 0 Å². The number of carbonyl (C=O) groups is 2. The average Bonchev–Trinajstić information content (AvgIpc) is 2.82. The lowest BCUT2D eigenvalue weighted by atomic mass is 9.88. The molecule has 0 aromatic heterocycles. The maximum Gasteiger partial charge on any atom is 0.338 e. The Balaban J connectivity index is 1.27. The number of hydrogen-bond donors (Lipinski definition) is 1. The van der Waals surface area contributed by atoms with E-state index >= 15 is 0 Å². The minimum Gasteiger partial charge on any atom is -0.487 e. The lowest BCUT2D eigenvalue weighted by molar-refractivity contribution is -0.125. The summed E-state index contributed by atoms with van der Waals surface area (Å²) in [4.78, 5) is 24.8. The maximum absolute atomic E-state index is 12.4. The van der Waals surface area contributed by atoms with E-state index in [0.29, 0.717) is 12.2 Å². The summed E-state index contributed by atoms with van der Waals surface area (Å²) < 4.78 is 12.9. The second-order valence-corrected chi connectivity index (χ2v) is 10.0. The Bertz CT molecular complexity index is 1170. The fraction of sp³-hybridized carbons (Fsp3) is 0.259. The van der Waals surface area contributed by atoms with Gasteiger partial charge >= 0.3 is 5.97 Å². The average molecular weight is 587 g/mol. The zero-order valence-electron chi connectivity index (χ0n) is 18.8. The van der Waals surface area contributed by atoms with E-state index in [4.69, 9.17) is 9.47 Å². The van der Waals surface area contributed by atoms with Crippen LogP contribution >= 0.6 is 31.9 Å². The molecule has 34 heavy (non-hydrogen) atoms. The van der Waals surface area contributed by atoms with Gasteiger partial charge in [0.05, 0.1) is 20.6 Å². The van der Waals surface area contributed by atoms with Crippen molar-refractivity contribution in [3.8, 4) is 5.75 Å². The molecule has 1 unspecified atom stereocenters. The maximum atomic E-state index is 12.4. The standard InChI is InChI=1S/C27H25Br2NO4/c1-17-13-22(28)26(23(29)14-17)33-15-18-9-11-20(12-10-18)27(32)34-16-25(31)30-24-8-4-6-19-5-2-3-7-21(19)24/h2-3,5,7,9-14,24H,4,6,8,15-16H2,1H3,(H,30,31). The normalized spacial score (nSPS) is 14.7. The molecular weight excluding hydrogens is 562 g/mol. The highest BCUT2D eigenvalue weighted by atomic mass is 79.9. The topological polar surface area (TPSA) is 64.6 Å². The molecule has 0 radical (unpaired) electrons. The van der Waals surface area contributed by atoms with Crippen molar-refractivity contribution >= 4 is 43.7 Å². The number of hydrogen-bond acceptors (Lipinski definition) is 4. The second kappa shape index (κ2) is 11.2. The molecule has 0 heterocycles. The number of aryl methyl sites for hydroxylation is 2. The van der Waals surface area contributed by atoms with Crippen molar-refractivity contribution in [1.82, 2.24) is 5.32 Å². The monoisotopic (exact) mass is 585 g/mol. The summed E-state index contributed by atoms with van der Waals surface area (Å²) in [7, 11) is 0. The quantitative estimate of drug-likeness (QED) is 0.323. The number of carbonyl (C=O) groups excluding carboxylic acids is 2. The first-order chi connectivity index (χ1) is 16.4. The van der Waals surface area contributed by atoms with Crippen LogP contribution in [-0.4, -0.2) is 18.5 Å². The van der Waals surface area contributed by atoms with Crippen LogP contribution in [0.1, 0.15) is 51.5 Å². The fourth-order valence-corrected chi connectivity index (χ4v) is 5.72. The van der Waals surface area contributed by atoms with Gasteiger partial charge in [-0.05, 0) is 105 Å². The zero-order valence-corrected chi connectivity index (χ0v) is 21.9. The van der Waals surface area contributed by atoms with E-state index in [1.165, 1.54) is 5.56 Å². The molecule has 176 valence electrons. The minimum absolute atomic E-state index is 0.0379. The van der Waals surface area contributed by atoms with Gasteiger partial charge in [-0.15, -0.1) is 0 Å². The van der Waals surface area contributed by atoms with Crippen LogP contribution < -0.4 is 10.1 Å². The van der Waals surface area contributed by atoms with Crippen LogP contribution in [-0.2, 0) is 22.6 Å². The Morgan fingerprint density at radius 2 is 1.74 bits per heavy atom. The van der Waals surface area contributed by atoms with E-state index in [-0.39, 0.29) is 18.6 Å². The molecule has 1 aliphatic rings. The molecule has 1 aliphatic carbocycles. The minimum atomic E-state index is -0.532. The molecule has 3 aromatic rings. The largest absolute Gasteiger partial charge is 0.487 e. The molecule has 5 nitrogen and oxygen atoms in total. The van der Waals surface area contributed by atoms with Crippen LogP contribution in [0.5, 0.6) is 5.75 Å². The second-order valence-electron chi connectivity index (χ2n) is 8.33. The van der Waals surface area contributed by atoms with Crippen LogP contribution in [0.25, 0.3) is 0 Å². The van der Waals surface area contributed by atoms with Gasteiger partial charge < -0.3 is 14.8 Å². The molecule has 1 N–H and O–H groups in total. The molecule has 0 bridgehead atoms. The van der Waals surface area contributed by atoms with E-state index in [1.807, 2.05) is 49.4 Å². The van der Waals surface area contributed by atoms with Gasteiger partial charge in [-0.2, -0.15) is 0 Å². The number of ether oxygens (including phenoxy) is 2. The highest BCUT2D eigenvalue weighted by Gasteiger charge is 2.22. The number of nitrogens with one attached hydrogen (secondary N) is 1. The number of fused-ring (bicyclic) bond motifs is 1. The van der Waals surface area contributed by atoms with E-state index in [0.717, 1.165) is 50.6 Å². The Labute approximate surface area is 216 Å². The highest BCUT2D eigenvalue weighted by Crippen LogP contribution is 2.35. The summed E-state index contributed by atoms with van der Waals surface area (Å²) in [5, 5.41) is 3.00. The molecule has 1 atom stereocenters. The summed E-state index contributed by atoms with van der Waals surface area (Å²) >= 11 is 7.04. The van der Waals surface area contributed by atoms with Gasteiger partial charge in [0.2, 0.25) is 0 Å². The van der Waals surface area contributed by atoms with Crippen molar-refractivity contribution in [1.29, 1.82) is 0 Å². The Morgan fingerprint density at radius 3 is 2.47 bits per heavy atom. The third kappa shape index (κ3) is 6.07. The molecule has 0 spiro atoms. The third-order valence-corrected chi connectivity index (χ3v) is 6.93. The van der Waals surface area contributed by atoms with Crippen LogP contribution in [0, 0.1) is 6.92 Å². The molecule has 3 aromatic carbocycles. The Hall–Kier alpha value is -2.64. The van der Waals surface area contributed by atoms with Gasteiger partial charge in [0.1, 0.15) is 12.4 Å². The van der Waals surface area contributed by atoms with Crippen molar-refractivity contribution < 1.29 is 19.1 Å². The van der Waals surface area contributed by atoms with Gasteiger partial charge in [0.25, 0.3) is 5.91 Å². The molecule has 4 rings (SSSR count). The molecule has 1 amide bonds. The molecular formula is C27H25Br2NO4. The van der Waals surface area contributed by atoms with Gasteiger partial charge in [-0.3, -0.25) is 4.79 Å². The van der Waals surface area contributed by atoms with Gasteiger partial charge in [-0.1, -0.05) is 36.4 Å². The smallest absolute Gasteiger partial charge is 0.338 e. The first-order valence-electron chi connectivity index (χ1n) is 11.1. The predicted octanol–water partition coefficient (Wildman–Crippen LogP) is 6.45. The van der Waals surface area contributed by atoms with Crippen molar-refractivity contribution in [2.24, 2.45) is 0 Å². The summed E-state index contributed by atoms with van der Waals surface area (Å²) in [6.07, 6.45) is 2.93. The van der Waals surface area contributed by atoms with E-state index in [9.17, 15) is 9.59 Å². The Morgan fingerprint density at radius 1 is 1.03 bits per heavy atom. The molecule has 7 heteroatoms. The molecule has 0 saturated heterocycles. The zero-order chi connectivity index (χ0) is 24.1. The highest BCUT2D eigenvalue weighted by molar-refractivity contribution is 9.11. The predicted molar refractivity (Wildman–Crippen MR) is 138 cm³/mol. The first-order valence-corrected chi connectivity index (χ1v) is 12.7. The van der Waals surface area contributed by atoms with E-state index < -0.39 is 5.97 Å². The van der Waals surface area contributed by atoms with Crippen LogP contribution in [0.4, 0.5) is 0 Å². The first kappa shape index (κ1) is 24.5. The number of benzene rings is 3. The van der Waals surface area contributed by atoms with Crippen molar-refractivity contribution in [2.75, 3.05) is 6.61 Å². The number of rotatable bonds is 7. The van der Waals surface area contributed by atoms with Gasteiger partial charge in [-0.25, -0.2) is 4.79 Å². The van der Waals surface area contributed by atoms with Gasteiger partial charge in [0, 0.05) is 0 Å². The van der Waals surface area contributed by atoms with Crippen molar-refractivity contribution in [3.05, 3.63) is 97.4 Å². The molecule has 0 aliphatic heterocycles. The lowest BCUT2D eigenvalue weighted by Gasteiger charge is -2.26. The van der Waals surface area contributed by atoms with E-state index in [1.54, 1.807) is 12.1 Å². The van der Waals surface area contributed by atoms with Crippen LogP contribution in [0.15, 0.2) is 69.6 Å². The van der Waals surface area contributed by atoms with Gasteiger partial charge in [0.15, 0.2) is 6.61 Å². The SMILES string of the molecule is Cc1cc(Br)c(OCc2ccc(C(=O)OCC(=O)NC3CCCc4ccccc43)cc2)c(Br)c1. The summed E-state index contributed by atoms with van der Waals surface area (Å²) in [6, 6.07) is 19.1. The number of halogens is 2.